The molecule has 5 nitrogen and oxygen atoms in total. The zero-order valence-electron chi connectivity index (χ0n) is 13.0. The molecule has 0 amide bonds. The average Bonchev–Trinajstić information content (AvgIpc) is 2.72. The summed E-state index contributed by atoms with van der Waals surface area (Å²) in [7, 11) is 2.02. The second-order valence-electron chi connectivity index (χ2n) is 6.03. The molecule has 1 aromatic rings. The largest absolute Gasteiger partial charge is 0.330 e. The van der Waals surface area contributed by atoms with E-state index in [1.807, 2.05) is 17.9 Å². The maximum Gasteiger partial charge on any atom is 0.0492 e. The van der Waals surface area contributed by atoms with Crippen molar-refractivity contribution in [2.75, 3.05) is 45.8 Å². The molecule has 0 aliphatic carbocycles. The summed E-state index contributed by atoms with van der Waals surface area (Å²) in [5.41, 5.74) is 7.05. The molecule has 20 heavy (non-hydrogen) atoms. The van der Waals surface area contributed by atoms with Gasteiger partial charge >= 0.3 is 0 Å². The van der Waals surface area contributed by atoms with E-state index in [2.05, 4.69) is 27.9 Å². The lowest BCUT2D eigenvalue weighted by Gasteiger charge is -2.24. The van der Waals surface area contributed by atoms with Crippen molar-refractivity contribution in [1.29, 1.82) is 0 Å². The van der Waals surface area contributed by atoms with Crippen molar-refractivity contribution in [3.63, 3.8) is 0 Å². The van der Waals surface area contributed by atoms with Gasteiger partial charge in [-0.3, -0.25) is 4.68 Å². The molecule has 2 heterocycles. The maximum atomic E-state index is 5.73. The van der Waals surface area contributed by atoms with Gasteiger partial charge in [0, 0.05) is 51.5 Å². The van der Waals surface area contributed by atoms with E-state index in [1.165, 1.54) is 38.3 Å². The SMILES string of the molecule is CC(CN)CN1CCCN(CCc2ccnn2C)CC1. The van der Waals surface area contributed by atoms with Crippen LogP contribution in [0.5, 0.6) is 0 Å². The molecule has 0 spiro atoms. The molecule has 0 bridgehead atoms. The Bertz CT molecular complexity index is 389. The molecule has 114 valence electrons. The Morgan fingerprint density at radius 3 is 2.70 bits per heavy atom. The molecule has 5 heteroatoms. The first-order valence-electron chi connectivity index (χ1n) is 7.80. The van der Waals surface area contributed by atoms with Gasteiger partial charge in [-0.2, -0.15) is 5.10 Å². The van der Waals surface area contributed by atoms with Crippen LogP contribution >= 0.6 is 0 Å². The number of hydrogen-bond acceptors (Lipinski definition) is 4. The monoisotopic (exact) mass is 279 g/mol. The molecule has 1 fully saturated rings. The lowest BCUT2D eigenvalue weighted by Crippen LogP contribution is -2.35. The van der Waals surface area contributed by atoms with Crippen LogP contribution in [0.15, 0.2) is 12.3 Å². The lowest BCUT2D eigenvalue weighted by atomic mass is 10.1. The fraction of sp³-hybridized carbons (Fsp3) is 0.800. The van der Waals surface area contributed by atoms with Crippen molar-refractivity contribution >= 4 is 0 Å². The van der Waals surface area contributed by atoms with Crippen molar-refractivity contribution in [3.05, 3.63) is 18.0 Å². The summed E-state index contributed by atoms with van der Waals surface area (Å²) >= 11 is 0. The van der Waals surface area contributed by atoms with Gasteiger partial charge in [0.1, 0.15) is 0 Å². The highest BCUT2D eigenvalue weighted by molar-refractivity contribution is 5.00. The van der Waals surface area contributed by atoms with E-state index in [0.717, 1.165) is 26.1 Å². The normalized spacial score (nSPS) is 19.9. The molecule has 0 saturated carbocycles. The Kier molecular flexibility index (Phi) is 6.01. The Morgan fingerprint density at radius 2 is 2.00 bits per heavy atom. The highest BCUT2D eigenvalue weighted by atomic mass is 15.3. The molecule has 1 unspecified atom stereocenters. The minimum Gasteiger partial charge on any atom is -0.330 e. The van der Waals surface area contributed by atoms with Crippen LogP contribution in [0.3, 0.4) is 0 Å². The van der Waals surface area contributed by atoms with Crippen molar-refractivity contribution in [3.8, 4) is 0 Å². The number of rotatable bonds is 6. The van der Waals surface area contributed by atoms with Crippen LogP contribution in [0.1, 0.15) is 19.0 Å². The number of aryl methyl sites for hydroxylation is 1. The molecule has 1 aliphatic heterocycles. The van der Waals surface area contributed by atoms with Crippen LogP contribution < -0.4 is 5.73 Å². The van der Waals surface area contributed by atoms with E-state index in [4.69, 9.17) is 5.73 Å². The summed E-state index contributed by atoms with van der Waals surface area (Å²) < 4.78 is 1.98. The number of hydrogen-bond donors (Lipinski definition) is 1. The standard InChI is InChI=1S/C15H29N5/c1-14(12-16)13-20-8-3-7-19(10-11-20)9-5-15-4-6-17-18(15)2/h4,6,14H,3,5,7-13,16H2,1-2H3. The average molecular weight is 279 g/mol. The molecule has 0 radical (unpaired) electrons. The van der Waals surface area contributed by atoms with Crippen LogP contribution in [0.2, 0.25) is 0 Å². The second-order valence-corrected chi connectivity index (χ2v) is 6.03. The fourth-order valence-electron chi connectivity index (χ4n) is 2.87. The Morgan fingerprint density at radius 1 is 1.25 bits per heavy atom. The third kappa shape index (κ3) is 4.58. The van der Waals surface area contributed by atoms with E-state index in [1.54, 1.807) is 0 Å². The van der Waals surface area contributed by atoms with Crippen molar-refractivity contribution in [1.82, 2.24) is 19.6 Å². The molecule has 2 N–H and O–H groups in total. The van der Waals surface area contributed by atoms with Crippen LogP contribution in [0, 0.1) is 5.92 Å². The Balaban J connectivity index is 1.74. The molecule has 2 rings (SSSR count). The summed E-state index contributed by atoms with van der Waals surface area (Å²) in [5, 5.41) is 4.23. The van der Waals surface area contributed by atoms with Gasteiger partial charge in [0.05, 0.1) is 0 Å². The first-order chi connectivity index (χ1) is 9.69. The highest BCUT2D eigenvalue weighted by Crippen LogP contribution is 2.07. The fourth-order valence-corrected chi connectivity index (χ4v) is 2.87. The summed E-state index contributed by atoms with van der Waals surface area (Å²) in [6, 6.07) is 2.12. The Hall–Kier alpha value is -0.910. The van der Waals surface area contributed by atoms with Crippen LogP contribution in [-0.2, 0) is 13.5 Å². The van der Waals surface area contributed by atoms with Crippen LogP contribution in [0.4, 0.5) is 0 Å². The number of nitrogens with two attached hydrogens (primary N) is 1. The van der Waals surface area contributed by atoms with Crippen molar-refractivity contribution in [2.45, 2.75) is 19.8 Å². The quantitative estimate of drug-likeness (QED) is 0.827. The first-order valence-corrected chi connectivity index (χ1v) is 7.80. The summed E-state index contributed by atoms with van der Waals surface area (Å²) in [6.07, 6.45) is 4.24. The molecule has 0 aromatic carbocycles. The first kappa shape index (κ1) is 15.5. The summed E-state index contributed by atoms with van der Waals surface area (Å²) in [5.74, 6) is 0.607. The molecular formula is C15H29N5. The molecule has 1 aliphatic rings. The maximum absolute atomic E-state index is 5.73. The summed E-state index contributed by atoms with van der Waals surface area (Å²) in [6.45, 7) is 10.1. The molecule has 1 aromatic heterocycles. The lowest BCUT2D eigenvalue weighted by molar-refractivity contribution is 0.235. The smallest absolute Gasteiger partial charge is 0.0492 e. The predicted molar refractivity (Wildman–Crippen MR) is 82.6 cm³/mol. The van der Waals surface area contributed by atoms with Gasteiger partial charge in [0.2, 0.25) is 0 Å². The van der Waals surface area contributed by atoms with Gasteiger partial charge < -0.3 is 15.5 Å². The van der Waals surface area contributed by atoms with Gasteiger partial charge in [-0.25, -0.2) is 0 Å². The minimum absolute atomic E-state index is 0.607. The topological polar surface area (TPSA) is 50.3 Å². The van der Waals surface area contributed by atoms with E-state index >= 15 is 0 Å². The van der Waals surface area contributed by atoms with E-state index in [0.29, 0.717) is 5.92 Å². The third-order valence-corrected chi connectivity index (χ3v) is 4.26. The molecule has 1 atom stereocenters. The zero-order chi connectivity index (χ0) is 14.4. The predicted octanol–water partition coefficient (Wildman–Crippen LogP) is 0.565. The van der Waals surface area contributed by atoms with Gasteiger partial charge in [0.25, 0.3) is 0 Å². The van der Waals surface area contributed by atoms with Gasteiger partial charge in [0.15, 0.2) is 0 Å². The van der Waals surface area contributed by atoms with Crippen molar-refractivity contribution in [2.24, 2.45) is 18.7 Å². The molecular weight excluding hydrogens is 250 g/mol. The highest BCUT2D eigenvalue weighted by Gasteiger charge is 2.16. The van der Waals surface area contributed by atoms with Gasteiger partial charge in [-0.1, -0.05) is 6.92 Å². The number of nitrogens with zero attached hydrogens (tertiary/aromatic N) is 4. The molecule has 1 saturated heterocycles. The van der Waals surface area contributed by atoms with Crippen LogP contribution in [-0.4, -0.2) is 65.4 Å². The Labute approximate surface area is 122 Å². The van der Waals surface area contributed by atoms with Crippen LogP contribution in [0.25, 0.3) is 0 Å². The third-order valence-electron chi connectivity index (χ3n) is 4.26. The number of aromatic nitrogens is 2. The zero-order valence-corrected chi connectivity index (χ0v) is 13.0. The minimum atomic E-state index is 0.607. The van der Waals surface area contributed by atoms with E-state index in [9.17, 15) is 0 Å². The van der Waals surface area contributed by atoms with Crippen molar-refractivity contribution < 1.29 is 0 Å². The van der Waals surface area contributed by atoms with E-state index in [-0.39, 0.29) is 0 Å². The van der Waals surface area contributed by atoms with Gasteiger partial charge in [-0.05, 0) is 38.0 Å². The second kappa shape index (κ2) is 7.76. The summed E-state index contributed by atoms with van der Waals surface area (Å²) in [4.78, 5) is 5.15. The van der Waals surface area contributed by atoms with E-state index < -0.39 is 0 Å². The van der Waals surface area contributed by atoms with Gasteiger partial charge in [-0.15, -0.1) is 0 Å².